The smallest absolute Gasteiger partial charge is 0.127 e. The van der Waals surface area contributed by atoms with E-state index in [4.69, 9.17) is 0 Å². The maximum Gasteiger partial charge on any atom is 0.127 e. The molecule has 1 aromatic heterocycles. The van der Waals surface area contributed by atoms with Gasteiger partial charge in [0.05, 0.1) is 6.10 Å². The quantitative estimate of drug-likeness (QED) is 0.677. The van der Waals surface area contributed by atoms with Gasteiger partial charge in [-0.05, 0) is 31.2 Å². The van der Waals surface area contributed by atoms with Crippen LogP contribution in [0.2, 0.25) is 0 Å². The SMILES string of the molecule is CCCNc1cc(NCC(O)C2CC2)ccn1. The number of rotatable bonds is 7. The van der Waals surface area contributed by atoms with Crippen LogP contribution >= 0.6 is 0 Å². The van der Waals surface area contributed by atoms with Gasteiger partial charge in [-0.2, -0.15) is 0 Å². The molecule has 4 nitrogen and oxygen atoms in total. The minimum atomic E-state index is -0.213. The van der Waals surface area contributed by atoms with Crippen molar-refractivity contribution in [2.75, 3.05) is 23.7 Å². The normalized spacial score (nSPS) is 16.6. The lowest BCUT2D eigenvalue weighted by Gasteiger charge is -2.12. The van der Waals surface area contributed by atoms with Gasteiger partial charge < -0.3 is 15.7 Å². The zero-order valence-electron chi connectivity index (χ0n) is 10.3. The Balaban J connectivity index is 1.82. The molecule has 1 heterocycles. The van der Waals surface area contributed by atoms with Crippen molar-refractivity contribution >= 4 is 11.5 Å². The van der Waals surface area contributed by atoms with Crippen LogP contribution in [0.4, 0.5) is 11.5 Å². The van der Waals surface area contributed by atoms with Gasteiger partial charge in [0.2, 0.25) is 0 Å². The summed E-state index contributed by atoms with van der Waals surface area (Å²) in [5.74, 6) is 1.40. The van der Waals surface area contributed by atoms with E-state index in [1.165, 1.54) is 12.8 Å². The van der Waals surface area contributed by atoms with Crippen LogP contribution in [-0.2, 0) is 0 Å². The van der Waals surface area contributed by atoms with Crippen LogP contribution in [-0.4, -0.2) is 29.3 Å². The fraction of sp³-hybridized carbons (Fsp3) is 0.615. The van der Waals surface area contributed by atoms with E-state index in [9.17, 15) is 5.11 Å². The summed E-state index contributed by atoms with van der Waals surface area (Å²) in [5.41, 5.74) is 1.01. The molecule has 17 heavy (non-hydrogen) atoms. The van der Waals surface area contributed by atoms with Gasteiger partial charge in [0.1, 0.15) is 5.82 Å². The van der Waals surface area contributed by atoms with Crippen LogP contribution in [0.3, 0.4) is 0 Å². The minimum Gasteiger partial charge on any atom is -0.391 e. The fourth-order valence-corrected chi connectivity index (χ4v) is 1.76. The van der Waals surface area contributed by atoms with Crippen molar-refractivity contribution < 1.29 is 5.11 Å². The Morgan fingerprint density at radius 1 is 1.47 bits per heavy atom. The monoisotopic (exact) mass is 235 g/mol. The highest BCUT2D eigenvalue weighted by atomic mass is 16.3. The number of aliphatic hydroxyl groups is 1. The molecule has 0 bridgehead atoms. The van der Waals surface area contributed by atoms with Crippen LogP contribution in [0, 0.1) is 5.92 Å². The second-order valence-electron chi connectivity index (χ2n) is 4.64. The van der Waals surface area contributed by atoms with Crippen molar-refractivity contribution in [2.24, 2.45) is 5.92 Å². The molecule has 1 fully saturated rings. The molecule has 1 atom stereocenters. The molecule has 94 valence electrons. The molecule has 0 spiro atoms. The molecule has 0 radical (unpaired) electrons. The number of nitrogens with one attached hydrogen (secondary N) is 2. The first-order valence-electron chi connectivity index (χ1n) is 6.41. The predicted octanol–water partition coefficient (Wildman–Crippen LogP) is 2.09. The number of nitrogens with zero attached hydrogens (tertiary/aromatic N) is 1. The van der Waals surface area contributed by atoms with E-state index in [2.05, 4.69) is 22.5 Å². The average Bonchev–Trinajstić information content (AvgIpc) is 3.18. The summed E-state index contributed by atoms with van der Waals surface area (Å²) in [6.45, 7) is 3.68. The Labute approximate surface area is 102 Å². The molecular formula is C13H21N3O. The third kappa shape index (κ3) is 3.89. The van der Waals surface area contributed by atoms with E-state index in [0.29, 0.717) is 12.5 Å². The highest BCUT2D eigenvalue weighted by Gasteiger charge is 2.29. The lowest BCUT2D eigenvalue weighted by molar-refractivity contribution is 0.164. The van der Waals surface area contributed by atoms with E-state index in [1.807, 2.05) is 12.1 Å². The van der Waals surface area contributed by atoms with Gasteiger partial charge in [-0.3, -0.25) is 0 Å². The Morgan fingerprint density at radius 2 is 2.29 bits per heavy atom. The molecule has 3 N–H and O–H groups in total. The molecule has 0 aliphatic heterocycles. The topological polar surface area (TPSA) is 57.2 Å². The van der Waals surface area contributed by atoms with Gasteiger partial charge in [-0.25, -0.2) is 4.98 Å². The Morgan fingerprint density at radius 3 is 3.00 bits per heavy atom. The first kappa shape index (κ1) is 12.2. The zero-order chi connectivity index (χ0) is 12.1. The molecule has 4 heteroatoms. The number of hydrogen-bond acceptors (Lipinski definition) is 4. The zero-order valence-corrected chi connectivity index (χ0v) is 10.3. The molecule has 0 saturated heterocycles. The summed E-state index contributed by atoms with van der Waals surface area (Å²) in [6, 6.07) is 3.91. The first-order chi connectivity index (χ1) is 8.29. The summed E-state index contributed by atoms with van der Waals surface area (Å²) >= 11 is 0. The molecule has 1 aromatic rings. The number of pyridine rings is 1. The average molecular weight is 235 g/mol. The largest absolute Gasteiger partial charge is 0.391 e. The summed E-state index contributed by atoms with van der Waals surface area (Å²) in [7, 11) is 0. The van der Waals surface area contributed by atoms with Gasteiger partial charge in [-0.15, -0.1) is 0 Å². The molecule has 0 amide bonds. The van der Waals surface area contributed by atoms with E-state index in [1.54, 1.807) is 6.20 Å². The molecule has 1 saturated carbocycles. The molecule has 1 aliphatic carbocycles. The van der Waals surface area contributed by atoms with Gasteiger partial charge in [0.25, 0.3) is 0 Å². The van der Waals surface area contributed by atoms with Crippen LogP contribution in [0.1, 0.15) is 26.2 Å². The molecule has 1 unspecified atom stereocenters. The van der Waals surface area contributed by atoms with Gasteiger partial charge in [0.15, 0.2) is 0 Å². The number of aliphatic hydroxyl groups excluding tert-OH is 1. The third-order valence-electron chi connectivity index (χ3n) is 3.00. The number of aromatic nitrogens is 1. The number of anilines is 2. The van der Waals surface area contributed by atoms with Gasteiger partial charge in [0, 0.05) is 31.0 Å². The van der Waals surface area contributed by atoms with Crippen molar-refractivity contribution in [1.82, 2.24) is 4.98 Å². The standard InChI is InChI=1S/C13H21N3O/c1-2-6-14-13-8-11(5-7-15-13)16-9-12(17)10-3-4-10/h5,7-8,10,12,17H,2-4,6,9H2,1H3,(H2,14,15,16). The minimum absolute atomic E-state index is 0.213. The van der Waals surface area contributed by atoms with E-state index in [-0.39, 0.29) is 6.10 Å². The third-order valence-corrected chi connectivity index (χ3v) is 3.00. The number of hydrogen-bond donors (Lipinski definition) is 3. The van der Waals surface area contributed by atoms with Gasteiger partial charge in [-0.1, -0.05) is 6.92 Å². The van der Waals surface area contributed by atoms with E-state index >= 15 is 0 Å². The summed E-state index contributed by atoms with van der Waals surface area (Å²) in [5, 5.41) is 16.3. The van der Waals surface area contributed by atoms with Crippen LogP contribution < -0.4 is 10.6 Å². The molecule has 0 aromatic carbocycles. The Kier molecular flexibility index (Phi) is 4.20. The fourth-order valence-electron chi connectivity index (χ4n) is 1.76. The van der Waals surface area contributed by atoms with Crippen molar-refractivity contribution in [3.05, 3.63) is 18.3 Å². The summed E-state index contributed by atoms with van der Waals surface area (Å²) < 4.78 is 0. The van der Waals surface area contributed by atoms with Crippen LogP contribution in [0.5, 0.6) is 0 Å². The molecule has 2 rings (SSSR count). The van der Waals surface area contributed by atoms with Crippen LogP contribution in [0.25, 0.3) is 0 Å². The second-order valence-corrected chi connectivity index (χ2v) is 4.64. The van der Waals surface area contributed by atoms with Crippen molar-refractivity contribution in [1.29, 1.82) is 0 Å². The summed E-state index contributed by atoms with van der Waals surface area (Å²) in [6.07, 6.45) is 4.99. The second kappa shape index (κ2) is 5.87. The van der Waals surface area contributed by atoms with Crippen molar-refractivity contribution in [3.8, 4) is 0 Å². The first-order valence-corrected chi connectivity index (χ1v) is 6.41. The van der Waals surface area contributed by atoms with E-state index < -0.39 is 0 Å². The maximum absolute atomic E-state index is 9.77. The Bertz CT molecular complexity index is 352. The van der Waals surface area contributed by atoms with Crippen molar-refractivity contribution in [3.63, 3.8) is 0 Å². The highest BCUT2D eigenvalue weighted by Crippen LogP contribution is 2.32. The predicted molar refractivity (Wildman–Crippen MR) is 70.2 cm³/mol. The molecular weight excluding hydrogens is 214 g/mol. The Hall–Kier alpha value is -1.29. The maximum atomic E-state index is 9.77. The lowest BCUT2D eigenvalue weighted by Crippen LogP contribution is -2.21. The van der Waals surface area contributed by atoms with Crippen LogP contribution in [0.15, 0.2) is 18.3 Å². The van der Waals surface area contributed by atoms with Gasteiger partial charge >= 0.3 is 0 Å². The van der Waals surface area contributed by atoms with E-state index in [0.717, 1.165) is 24.5 Å². The summed E-state index contributed by atoms with van der Waals surface area (Å²) in [4.78, 5) is 4.24. The van der Waals surface area contributed by atoms with Crippen molar-refractivity contribution in [2.45, 2.75) is 32.3 Å². The molecule has 1 aliphatic rings. The lowest BCUT2D eigenvalue weighted by atomic mass is 10.2. The highest BCUT2D eigenvalue weighted by molar-refractivity contribution is 5.51.